The lowest BCUT2D eigenvalue weighted by atomic mass is 10.2. The molecule has 0 fully saturated rings. The summed E-state index contributed by atoms with van der Waals surface area (Å²) in [5.41, 5.74) is 2.07. The van der Waals surface area contributed by atoms with Crippen LogP contribution in [0.1, 0.15) is 11.1 Å². The van der Waals surface area contributed by atoms with Crippen LogP contribution < -0.4 is 5.32 Å². The number of carbonyl (C=O) groups is 1. The molecule has 2 aromatic rings. The molecule has 1 N–H and O–H groups in total. The Morgan fingerprint density at radius 2 is 2.05 bits per heavy atom. The molecule has 0 aromatic heterocycles. The lowest BCUT2D eigenvalue weighted by Crippen LogP contribution is -2.14. The number of hydrogen-bond acceptors (Lipinski definition) is 3. The zero-order chi connectivity index (χ0) is 15.9. The van der Waals surface area contributed by atoms with Crippen molar-refractivity contribution in [2.75, 3.05) is 11.1 Å². The third kappa shape index (κ3) is 4.96. The Balaban J connectivity index is 1.84. The molecule has 6 heteroatoms. The second kappa shape index (κ2) is 8.09. The van der Waals surface area contributed by atoms with Crippen molar-refractivity contribution in [1.29, 1.82) is 5.26 Å². The summed E-state index contributed by atoms with van der Waals surface area (Å²) in [5.74, 6) is 0.808. The fraction of sp³-hybridized carbons (Fsp3) is 0.125. The smallest absolute Gasteiger partial charge is 0.234 e. The van der Waals surface area contributed by atoms with Crippen molar-refractivity contribution in [1.82, 2.24) is 0 Å². The third-order valence-corrected chi connectivity index (χ3v) is 4.35. The van der Waals surface area contributed by atoms with E-state index in [-0.39, 0.29) is 5.91 Å². The van der Waals surface area contributed by atoms with Gasteiger partial charge in [-0.2, -0.15) is 5.26 Å². The second-order valence-electron chi connectivity index (χ2n) is 4.47. The summed E-state index contributed by atoms with van der Waals surface area (Å²) in [4.78, 5) is 11.9. The van der Waals surface area contributed by atoms with Gasteiger partial charge in [0.25, 0.3) is 0 Å². The number of hydrogen-bond donors (Lipinski definition) is 1. The molecule has 0 aliphatic heterocycles. The van der Waals surface area contributed by atoms with Crippen LogP contribution in [-0.4, -0.2) is 11.7 Å². The number of amides is 1. The first-order chi connectivity index (χ1) is 10.6. The molecule has 1 amide bonds. The zero-order valence-electron chi connectivity index (χ0n) is 11.5. The van der Waals surface area contributed by atoms with Crippen LogP contribution in [0.25, 0.3) is 0 Å². The number of thioether (sulfide) groups is 1. The van der Waals surface area contributed by atoms with Crippen LogP contribution in [0.4, 0.5) is 5.69 Å². The third-order valence-electron chi connectivity index (χ3n) is 2.78. The van der Waals surface area contributed by atoms with Crippen LogP contribution in [0, 0.1) is 11.3 Å². The van der Waals surface area contributed by atoms with E-state index in [1.165, 1.54) is 11.8 Å². The summed E-state index contributed by atoms with van der Waals surface area (Å²) < 4.78 is 0. The van der Waals surface area contributed by atoms with Gasteiger partial charge in [-0.05, 0) is 35.9 Å². The number of nitrogens with one attached hydrogen (secondary N) is 1. The van der Waals surface area contributed by atoms with Gasteiger partial charge in [0.1, 0.15) is 0 Å². The van der Waals surface area contributed by atoms with Crippen LogP contribution in [-0.2, 0) is 10.5 Å². The Bertz CT molecular complexity index is 728. The van der Waals surface area contributed by atoms with Gasteiger partial charge in [0.15, 0.2) is 0 Å². The maximum Gasteiger partial charge on any atom is 0.234 e. The van der Waals surface area contributed by atoms with Crippen molar-refractivity contribution in [3.8, 4) is 6.07 Å². The predicted molar refractivity (Wildman–Crippen MR) is 92.4 cm³/mol. The quantitative estimate of drug-likeness (QED) is 0.847. The maximum atomic E-state index is 11.9. The van der Waals surface area contributed by atoms with E-state index in [0.717, 1.165) is 5.56 Å². The summed E-state index contributed by atoms with van der Waals surface area (Å²) >= 11 is 13.4. The van der Waals surface area contributed by atoms with Crippen LogP contribution in [0.3, 0.4) is 0 Å². The van der Waals surface area contributed by atoms with Gasteiger partial charge in [-0.15, -0.1) is 11.8 Å². The van der Waals surface area contributed by atoms with Gasteiger partial charge < -0.3 is 5.32 Å². The molecule has 0 spiro atoms. The first kappa shape index (κ1) is 16.7. The Morgan fingerprint density at radius 3 is 2.77 bits per heavy atom. The molecule has 0 heterocycles. The Morgan fingerprint density at radius 1 is 1.23 bits per heavy atom. The topological polar surface area (TPSA) is 52.9 Å². The largest absolute Gasteiger partial charge is 0.325 e. The molecule has 0 atom stereocenters. The summed E-state index contributed by atoms with van der Waals surface area (Å²) in [6.07, 6.45) is 0. The minimum absolute atomic E-state index is 0.120. The number of halogens is 2. The van der Waals surface area contributed by atoms with Gasteiger partial charge >= 0.3 is 0 Å². The number of nitrogens with zero attached hydrogens (tertiary/aromatic N) is 1. The van der Waals surface area contributed by atoms with Gasteiger partial charge in [-0.1, -0.05) is 35.3 Å². The van der Waals surface area contributed by atoms with Gasteiger partial charge in [0.2, 0.25) is 5.91 Å². The van der Waals surface area contributed by atoms with Gasteiger partial charge in [-0.25, -0.2) is 0 Å². The van der Waals surface area contributed by atoms with Crippen molar-refractivity contribution >= 4 is 46.6 Å². The first-order valence-corrected chi connectivity index (χ1v) is 8.31. The van der Waals surface area contributed by atoms with Gasteiger partial charge in [0.05, 0.1) is 17.4 Å². The van der Waals surface area contributed by atoms with Crippen LogP contribution in [0.15, 0.2) is 42.5 Å². The van der Waals surface area contributed by atoms with Gasteiger partial charge in [0, 0.05) is 21.5 Å². The van der Waals surface area contributed by atoms with E-state index >= 15 is 0 Å². The lowest BCUT2D eigenvalue weighted by Gasteiger charge is -2.07. The zero-order valence-corrected chi connectivity index (χ0v) is 13.8. The molecule has 0 radical (unpaired) electrons. The fourth-order valence-corrected chi connectivity index (χ4v) is 3.14. The second-order valence-corrected chi connectivity index (χ2v) is 6.30. The number of anilines is 1. The highest BCUT2D eigenvalue weighted by molar-refractivity contribution is 7.99. The van der Waals surface area contributed by atoms with E-state index in [9.17, 15) is 4.79 Å². The van der Waals surface area contributed by atoms with Crippen molar-refractivity contribution in [3.05, 3.63) is 63.6 Å². The van der Waals surface area contributed by atoms with E-state index in [2.05, 4.69) is 5.32 Å². The van der Waals surface area contributed by atoms with Crippen molar-refractivity contribution < 1.29 is 4.79 Å². The monoisotopic (exact) mass is 350 g/mol. The number of benzene rings is 2. The molecule has 0 aliphatic carbocycles. The normalized spacial score (nSPS) is 10.0. The highest BCUT2D eigenvalue weighted by Gasteiger charge is 2.06. The molecule has 0 saturated carbocycles. The molecule has 0 aliphatic rings. The fourth-order valence-electron chi connectivity index (χ4n) is 1.76. The van der Waals surface area contributed by atoms with Crippen LogP contribution in [0.2, 0.25) is 10.0 Å². The van der Waals surface area contributed by atoms with E-state index in [1.807, 2.05) is 12.1 Å². The molecule has 0 saturated heterocycles. The average molecular weight is 351 g/mol. The molecule has 112 valence electrons. The summed E-state index contributed by atoms with van der Waals surface area (Å²) in [6, 6.07) is 14.2. The van der Waals surface area contributed by atoms with Crippen LogP contribution >= 0.6 is 35.0 Å². The minimum Gasteiger partial charge on any atom is -0.325 e. The highest BCUT2D eigenvalue weighted by atomic mass is 35.5. The molecule has 2 aromatic carbocycles. The Labute approximate surface area is 143 Å². The molecule has 2 rings (SSSR count). The number of nitriles is 1. The summed E-state index contributed by atoms with van der Waals surface area (Å²) in [5, 5.41) is 12.8. The van der Waals surface area contributed by atoms with Crippen molar-refractivity contribution in [2.24, 2.45) is 0 Å². The van der Waals surface area contributed by atoms with Crippen LogP contribution in [0.5, 0.6) is 0 Å². The van der Waals surface area contributed by atoms with Crippen molar-refractivity contribution in [3.63, 3.8) is 0 Å². The molecule has 22 heavy (non-hydrogen) atoms. The van der Waals surface area contributed by atoms with E-state index in [1.54, 1.807) is 36.4 Å². The lowest BCUT2D eigenvalue weighted by molar-refractivity contribution is -0.113. The minimum atomic E-state index is -0.120. The summed E-state index contributed by atoms with van der Waals surface area (Å²) in [6.45, 7) is 0. The molecule has 0 bridgehead atoms. The molecular formula is C16H12Cl2N2OS. The van der Waals surface area contributed by atoms with E-state index in [0.29, 0.717) is 32.8 Å². The van der Waals surface area contributed by atoms with Gasteiger partial charge in [-0.3, -0.25) is 4.79 Å². The SMILES string of the molecule is N#Cc1cccc(NC(=O)CSCc2ccc(Cl)cc2Cl)c1. The summed E-state index contributed by atoms with van der Waals surface area (Å²) in [7, 11) is 0. The predicted octanol–water partition coefficient (Wildman–Crippen LogP) is 4.74. The molecular weight excluding hydrogens is 339 g/mol. The Kier molecular flexibility index (Phi) is 6.14. The first-order valence-electron chi connectivity index (χ1n) is 6.40. The van der Waals surface area contributed by atoms with E-state index in [4.69, 9.17) is 28.5 Å². The molecule has 3 nitrogen and oxygen atoms in total. The maximum absolute atomic E-state index is 11.9. The highest BCUT2D eigenvalue weighted by Crippen LogP contribution is 2.24. The van der Waals surface area contributed by atoms with Crippen molar-refractivity contribution in [2.45, 2.75) is 5.75 Å². The van der Waals surface area contributed by atoms with E-state index < -0.39 is 0 Å². The molecule has 0 unspecified atom stereocenters. The Hall–Kier alpha value is -1.67. The standard InChI is InChI=1S/C16H12Cl2N2OS/c17-13-5-4-12(15(18)7-13)9-22-10-16(21)20-14-3-1-2-11(6-14)8-19/h1-7H,9-10H2,(H,20,21). The number of carbonyl (C=O) groups excluding carboxylic acids is 1. The average Bonchev–Trinajstić information content (AvgIpc) is 2.49. The number of rotatable bonds is 5.